The lowest BCUT2D eigenvalue weighted by Gasteiger charge is -2.53. The Morgan fingerprint density at radius 3 is 2.49 bits per heavy atom. The summed E-state index contributed by atoms with van der Waals surface area (Å²) in [6, 6.07) is 3.57. The van der Waals surface area contributed by atoms with E-state index in [4.69, 9.17) is 23.2 Å². The van der Waals surface area contributed by atoms with Gasteiger partial charge in [0.15, 0.2) is 5.65 Å². The number of halogens is 2. The molecule has 0 aliphatic carbocycles. The molecular weight excluding hydrogens is 491 g/mol. The van der Waals surface area contributed by atoms with Crippen molar-refractivity contribution in [3.8, 4) is 5.69 Å². The van der Waals surface area contributed by atoms with Crippen LogP contribution in [-0.4, -0.2) is 61.8 Å². The van der Waals surface area contributed by atoms with E-state index in [2.05, 4.69) is 19.9 Å². The monoisotopic (exact) mass is 516 g/mol. The van der Waals surface area contributed by atoms with E-state index in [0.29, 0.717) is 48.7 Å². The number of hydrogen-bond donors (Lipinski definition) is 1. The summed E-state index contributed by atoms with van der Waals surface area (Å²) in [6.07, 6.45) is 2.49. The summed E-state index contributed by atoms with van der Waals surface area (Å²) < 4.78 is 1.49. The van der Waals surface area contributed by atoms with E-state index >= 15 is 0 Å². The van der Waals surface area contributed by atoms with Gasteiger partial charge in [0.05, 0.1) is 21.8 Å². The van der Waals surface area contributed by atoms with Gasteiger partial charge < -0.3 is 14.9 Å². The molecule has 0 atom stereocenters. The first kappa shape index (κ1) is 23.8. The number of fused-ring (bicyclic) bond motifs is 1. The molecule has 2 aliphatic heterocycles. The van der Waals surface area contributed by atoms with Crippen LogP contribution >= 0.6 is 23.2 Å². The van der Waals surface area contributed by atoms with Gasteiger partial charge in [-0.1, -0.05) is 37.0 Å². The number of nitrogens with zero attached hydrogens (tertiary/aromatic N) is 6. The molecule has 35 heavy (non-hydrogen) atoms. The fourth-order valence-electron chi connectivity index (χ4n) is 5.22. The van der Waals surface area contributed by atoms with E-state index < -0.39 is 11.8 Å². The molecule has 5 heterocycles. The lowest BCUT2D eigenvalue weighted by Crippen LogP contribution is -2.61. The zero-order valence-electron chi connectivity index (χ0n) is 19.8. The van der Waals surface area contributed by atoms with Crippen molar-refractivity contribution in [2.45, 2.75) is 39.5 Å². The van der Waals surface area contributed by atoms with E-state index in [1.807, 2.05) is 26.8 Å². The second-order valence-electron chi connectivity index (χ2n) is 9.83. The number of piperidine rings is 1. The first-order valence-electron chi connectivity index (χ1n) is 11.6. The molecule has 2 fully saturated rings. The summed E-state index contributed by atoms with van der Waals surface area (Å²) in [5.74, 6) is 0.588. The summed E-state index contributed by atoms with van der Waals surface area (Å²) >= 11 is 12.7. The number of aryl methyl sites for hydroxylation is 1. The highest BCUT2D eigenvalue weighted by molar-refractivity contribution is 6.41. The molecule has 11 heteroatoms. The number of carboxylic acid groups (broad SMARTS) is 1. The van der Waals surface area contributed by atoms with Crippen LogP contribution in [0.4, 0.5) is 10.6 Å². The van der Waals surface area contributed by atoms with E-state index in [9.17, 15) is 14.7 Å². The Kier molecular flexibility index (Phi) is 5.88. The zero-order valence-corrected chi connectivity index (χ0v) is 21.3. The molecule has 3 aromatic heterocycles. The van der Waals surface area contributed by atoms with E-state index in [0.717, 1.165) is 24.1 Å². The lowest BCUT2D eigenvalue weighted by molar-refractivity contribution is -0.00641. The number of anilines is 1. The first-order valence-corrected chi connectivity index (χ1v) is 12.3. The van der Waals surface area contributed by atoms with Crippen molar-refractivity contribution in [1.82, 2.24) is 24.4 Å². The fraction of sp³-hybridized carbons (Fsp3) is 0.458. The topological polar surface area (TPSA) is 104 Å². The Hall–Kier alpha value is -2.91. The third-order valence-corrected chi connectivity index (χ3v) is 7.80. The fourth-order valence-corrected chi connectivity index (χ4v) is 5.51. The van der Waals surface area contributed by atoms with Crippen molar-refractivity contribution < 1.29 is 9.90 Å². The van der Waals surface area contributed by atoms with Crippen molar-refractivity contribution in [3.05, 3.63) is 50.2 Å². The molecule has 5 rings (SSSR count). The molecule has 9 nitrogen and oxygen atoms in total. The molecule has 0 saturated carbocycles. The minimum Gasteiger partial charge on any atom is -0.465 e. The maximum Gasteiger partial charge on any atom is 0.407 e. The molecule has 2 saturated heterocycles. The van der Waals surface area contributed by atoms with Crippen LogP contribution in [0, 0.1) is 12.3 Å². The van der Waals surface area contributed by atoms with E-state index in [1.165, 1.54) is 9.47 Å². The number of aromatic nitrogens is 4. The van der Waals surface area contributed by atoms with Crippen LogP contribution in [0.5, 0.6) is 0 Å². The average Bonchev–Trinajstić information content (AvgIpc) is 2.78. The van der Waals surface area contributed by atoms with Gasteiger partial charge in [-0.05, 0) is 43.4 Å². The largest absolute Gasteiger partial charge is 0.465 e. The van der Waals surface area contributed by atoms with Crippen LogP contribution in [0.2, 0.25) is 10.2 Å². The molecule has 0 unspecified atom stereocenters. The van der Waals surface area contributed by atoms with Gasteiger partial charge in [0.2, 0.25) is 0 Å². The summed E-state index contributed by atoms with van der Waals surface area (Å²) in [4.78, 5) is 41.8. The van der Waals surface area contributed by atoms with Crippen LogP contribution in [0.3, 0.4) is 0 Å². The van der Waals surface area contributed by atoms with Crippen molar-refractivity contribution in [2.75, 3.05) is 31.1 Å². The summed E-state index contributed by atoms with van der Waals surface area (Å²) in [5.41, 5.74) is 2.22. The summed E-state index contributed by atoms with van der Waals surface area (Å²) in [7, 11) is 0. The van der Waals surface area contributed by atoms with Crippen molar-refractivity contribution in [3.63, 3.8) is 0 Å². The number of rotatable bonds is 3. The molecule has 184 valence electrons. The van der Waals surface area contributed by atoms with Gasteiger partial charge in [0, 0.05) is 37.8 Å². The molecule has 1 amide bonds. The lowest BCUT2D eigenvalue weighted by atomic mass is 9.72. The number of amides is 1. The highest BCUT2D eigenvalue weighted by atomic mass is 35.5. The maximum absolute atomic E-state index is 13.5. The van der Waals surface area contributed by atoms with Gasteiger partial charge in [-0.25, -0.2) is 19.1 Å². The smallest absolute Gasteiger partial charge is 0.407 e. The highest BCUT2D eigenvalue weighted by Gasteiger charge is 2.47. The van der Waals surface area contributed by atoms with Crippen molar-refractivity contribution in [1.29, 1.82) is 0 Å². The minimum absolute atomic E-state index is 0.00212. The van der Waals surface area contributed by atoms with Gasteiger partial charge in [0.25, 0.3) is 0 Å². The number of likely N-dealkylation sites (tertiary alicyclic amines) is 1. The van der Waals surface area contributed by atoms with Crippen LogP contribution < -0.4 is 10.6 Å². The quantitative estimate of drug-likeness (QED) is 0.511. The van der Waals surface area contributed by atoms with E-state index in [-0.39, 0.29) is 21.5 Å². The first-order chi connectivity index (χ1) is 16.6. The van der Waals surface area contributed by atoms with Crippen LogP contribution in [0.25, 0.3) is 16.7 Å². The highest BCUT2D eigenvalue weighted by Crippen LogP contribution is 2.42. The Morgan fingerprint density at radius 2 is 1.86 bits per heavy atom. The number of carbonyl (C=O) groups is 1. The summed E-state index contributed by atoms with van der Waals surface area (Å²) in [6.45, 7) is 8.38. The van der Waals surface area contributed by atoms with E-state index in [1.54, 1.807) is 12.3 Å². The molecule has 1 spiro atoms. The third kappa shape index (κ3) is 4.00. The normalized spacial score (nSPS) is 17.3. The second-order valence-corrected chi connectivity index (χ2v) is 10.6. The Balaban J connectivity index is 1.61. The Morgan fingerprint density at radius 1 is 1.17 bits per heavy atom. The Labute approximate surface area is 212 Å². The van der Waals surface area contributed by atoms with Crippen LogP contribution in [0.1, 0.15) is 43.9 Å². The Bertz CT molecular complexity index is 1390. The number of hydrogen-bond acceptors (Lipinski definition) is 6. The standard InChI is InChI=1S/C24H26Cl2N6O3/c1-13(2)17-18(14(3)4-7-27-17)32-21-15(10-16(25)19(26)28-21)20(29-22(32)33)30-8-5-24(6-9-30)11-31(12-24)23(34)35/h4,7,10,13H,5-6,8-9,11-12H2,1-3H3,(H,34,35). The SMILES string of the molecule is Cc1ccnc(C(C)C)c1-n1c(=O)nc(N2CCC3(CC2)CN(C(=O)O)C3)c2cc(Cl)c(Cl)nc21. The van der Waals surface area contributed by atoms with Gasteiger partial charge in [-0.15, -0.1) is 0 Å². The molecule has 0 aromatic carbocycles. The summed E-state index contributed by atoms with van der Waals surface area (Å²) in [5, 5.41) is 10.2. The van der Waals surface area contributed by atoms with Crippen molar-refractivity contribution in [2.24, 2.45) is 5.41 Å². The molecule has 2 aliphatic rings. The predicted molar refractivity (Wildman–Crippen MR) is 135 cm³/mol. The molecule has 3 aromatic rings. The van der Waals surface area contributed by atoms with Gasteiger partial charge in [-0.3, -0.25) is 4.98 Å². The second kappa shape index (κ2) is 8.64. The van der Waals surface area contributed by atoms with Gasteiger partial charge in [0.1, 0.15) is 11.0 Å². The maximum atomic E-state index is 13.5. The van der Waals surface area contributed by atoms with Crippen LogP contribution in [0.15, 0.2) is 23.1 Å². The average molecular weight is 517 g/mol. The zero-order chi connectivity index (χ0) is 25.1. The minimum atomic E-state index is -0.876. The van der Waals surface area contributed by atoms with Gasteiger partial charge >= 0.3 is 11.8 Å². The third-order valence-electron chi connectivity index (χ3n) is 7.13. The molecule has 0 radical (unpaired) electrons. The predicted octanol–water partition coefficient (Wildman–Crippen LogP) is 4.49. The van der Waals surface area contributed by atoms with Crippen molar-refractivity contribution >= 4 is 46.1 Å². The van der Waals surface area contributed by atoms with Crippen LogP contribution in [-0.2, 0) is 0 Å². The molecule has 1 N–H and O–H groups in total. The number of pyridine rings is 2. The molecular formula is C24H26Cl2N6O3. The van der Waals surface area contributed by atoms with Gasteiger partial charge in [-0.2, -0.15) is 4.98 Å². The molecule has 0 bridgehead atoms.